The molecule has 4 atom stereocenters. The van der Waals surface area contributed by atoms with E-state index in [1.54, 1.807) is 30.6 Å². The molecule has 1 aromatic carbocycles. The van der Waals surface area contributed by atoms with Crippen molar-refractivity contribution in [1.29, 1.82) is 0 Å². The zero-order valence-electron chi connectivity index (χ0n) is 16.6. The van der Waals surface area contributed by atoms with Crippen LogP contribution in [0.3, 0.4) is 0 Å². The molecular weight excluding hydrogens is 433 g/mol. The number of thiazole rings is 1. The predicted molar refractivity (Wildman–Crippen MR) is 116 cm³/mol. The maximum atomic E-state index is 9.29. The molecular formula is C21H27Cl2NO4S. The Bertz CT molecular complexity index is 788. The third-order valence-electron chi connectivity index (χ3n) is 5.16. The average molecular weight is 460 g/mol. The molecule has 1 aliphatic carbocycles. The second-order valence-electron chi connectivity index (χ2n) is 7.26. The Labute approximate surface area is 185 Å². The number of aromatic nitrogens is 1. The third kappa shape index (κ3) is 6.06. The Balaban J connectivity index is 1.59. The molecule has 0 radical (unpaired) electrons. The van der Waals surface area contributed by atoms with E-state index in [1.165, 1.54) is 0 Å². The molecule has 3 rings (SSSR count). The number of hydrogen-bond acceptors (Lipinski definition) is 6. The van der Waals surface area contributed by atoms with Gasteiger partial charge in [-0.1, -0.05) is 36.5 Å². The van der Waals surface area contributed by atoms with Crippen LogP contribution in [0.2, 0.25) is 10.0 Å². The van der Waals surface area contributed by atoms with E-state index in [2.05, 4.69) is 11.9 Å². The largest absolute Gasteiger partial charge is 0.493 e. The SMILES string of the molecule is CCC[C@@H](O[C@@H]1C[C@@H](COc2ccc(Cl)c(Cl)c2)[C@@H](OC)C1)c1nc(CO)cs1. The van der Waals surface area contributed by atoms with Crippen molar-refractivity contribution < 1.29 is 19.3 Å². The summed E-state index contributed by atoms with van der Waals surface area (Å²) in [6.07, 6.45) is 3.69. The van der Waals surface area contributed by atoms with Crippen molar-refractivity contribution in [2.75, 3.05) is 13.7 Å². The van der Waals surface area contributed by atoms with Gasteiger partial charge in [-0.05, 0) is 25.0 Å². The summed E-state index contributed by atoms with van der Waals surface area (Å²) in [4.78, 5) is 4.50. The maximum Gasteiger partial charge on any atom is 0.122 e. The van der Waals surface area contributed by atoms with E-state index in [0.29, 0.717) is 28.1 Å². The quantitative estimate of drug-likeness (QED) is 0.495. The Hall–Kier alpha value is -0.890. The average Bonchev–Trinajstić information content (AvgIpc) is 3.35. The summed E-state index contributed by atoms with van der Waals surface area (Å²) in [5.41, 5.74) is 0.698. The molecule has 0 aliphatic heterocycles. The van der Waals surface area contributed by atoms with Crippen molar-refractivity contribution in [3.8, 4) is 5.75 Å². The molecule has 1 heterocycles. The number of benzene rings is 1. The Morgan fingerprint density at radius 1 is 1.28 bits per heavy atom. The molecule has 1 fully saturated rings. The standard InChI is InChI=1S/C21H27Cl2NO4S/c1-3-4-19(21-24-14(10-25)12-29-21)28-16-7-13(20(9-16)26-2)11-27-15-5-6-17(22)18(23)8-15/h5-6,8,12-13,16,19-20,25H,3-4,7,9-11H2,1-2H3/t13-,16+,19+,20-/m0/s1. The third-order valence-corrected chi connectivity index (χ3v) is 6.88. The van der Waals surface area contributed by atoms with Gasteiger partial charge in [0.15, 0.2) is 0 Å². The minimum absolute atomic E-state index is 0.0430. The van der Waals surface area contributed by atoms with Gasteiger partial charge in [0.2, 0.25) is 0 Å². The summed E-state index contributed by atoms with van der Waals surface area (Å²) in [5.74, 6) is 0.924. The molecule has 1 aromatic heterocycles. The second-order valence-corrected chi connectivity index (χ2v) is 8.97. The first kappa shape index (κ1) is 22.8. The van der Waals surface area contributed by atoms with Gasteiger partial charge in [-0.15, -0.1) is 11.3 Å². The zero-order valence-corrected chi connectivity index (χ0v) is 19.0. The van der Waals surface area contributed by atoms with Gasteiger partial charge in [0.05, 0.1) is 41.2 Å². The van der Waals surface area contributed by atoms with E-state index >= 15 is 0 Å². The summed E-state index contributed by atoms with van der Waals surface area (Å²) >= 11 is 13.6. The lowest BCUT2D eigenvalue weighted by Crippen LogP contribution is -2.22. The van der Waals surface area contributed by atoms with Crippen LogP contribution in [0.1, 0.15) is 49.4 Å². The van der Waals surface area contributed by atoms with Gasteiger partial charge >= 0.3 is 0 Å². The fourth-order valence-corrected chi connectivity index (χ4v) is 4.84. The zero-order chi connectivity index (χ0) is 20.8. The van der Waals surface area contributed by atoms with Crippen molar-refractivity contribution >= 4 is 34.5 Å². The van der Waals surface area contributed by atoms with Crippen LogP contribution >= 0.6 is 34.5 Å². The van der Waals surface area contributed by atoms with Crippen molar-refractivity contribution in [1.82, 2.24) is 4.98 Å². The van der Waals surface area contributed by atoms with Crippen LogP contribution < -0.4 is 4.74 Å². The molecule has 0 spiro atoms. The van der Waals surface area contributed by atoms with Crippen molar-refractivity contribution in [3.63, 3.8) is 0 Å². The van der Waals surface area contributed by atoms with Gasteiger partial charge in [-0.25, -0.2) is 4.98 Å². The Morgan fingerprint density at radius 3 is 2.76 bits per heavy atom. The molecule has 160 valence electrons. The number of nitrogens with zero attached hydrogens (tertiary/aromatic N) is 1. The molecule has 0 unspecified atom stereocenters. The van der Waals surface area contributed by atoms with Crippen LogP contribution in [-0.2, 0) is 16.1 Å². The molecule has 0 amide bonds. The van der Waals surface area contributed by atoms with Crippen LogP contribution in [0.25, 0.3) is 0 Å². The monoisotopic (exact) mass is 459 g/mol. The molecule has 1 saturated carbocycles. The summed E-state index contributed by atoms with van der Waals surface area (Å²) in [5, 5.41) is 13.1. The fraction of sp³-hybridized carbons (Fsp3) is 0.571. The first-order valence-electron chi connectivity index (χ1n) is 9.85. The van der Waals surface area contributed by atoms with Crippen LogP contribution in [0, 0.1) is 5.92 Å². The highest BCUT2D eigenvalue weighted by molar-refractivity contribution is 7.09. The van der Waals surface area contributed by atoms with Crippen LogP contribution in [0.15, 0.2) is 23.6 Å². The normalized spacial score (nSPS) is 22.7. The van der Waals surface area contributed by atoms with Crippen LogP contribution in [0.4, 0.5) is 0 Å². The highest BCUT2D eigenvalue weighted by Crippen LogP contribution is 2.36. The number of aliphatic hydroxyl groups excluding tert-OH is 1. The number of rotatable bonds is 10. The van der Waals surface area contributed by atoms with E-state index < -0.39 is 0 Å². The molecule has 5 nitrogen and oxygen atoms in total. The summed E-state index contributed by atoms with van der Waals surface area (Å²) in [6.45, 7) is 2.62. The second kappa shape index (κ2) is 10.9. The summed E-state index contributed by atoms with van der Waals surface area (Å²) in [7, 11) is 1.73. The number of aliphatic hydroxyl groups is 1. The van der Waals surface area contributed by atoms with Gasteiger partial charge < -0.3 is 19.3 Å². The van der Waals surface area contributed by atoms with Crippen molar-refractivity contribution in [3.05, 3.63) is 44.3 Å². The predicted octanol–water partition coefficient (Wildman–Crippen LogP) is 5.67. The topological polar surface area (TPSA) is 60.8 Å². The Kier molecular flexibility index (Phi) is 8.59. The van der Waals surface area contributed by atoms with Gasteiger partial charge in [0.1, 0.15) is 16.9 Å². The number of hydrogen-bond donors (Lipinski definition) is 1. The first-order valence-corrected chi connectivity index (χ1v) is 11.5. The van der Waals surface area contributed by atoms with Gasteiger partial charge in [0.25, 0.3) is 0 Å². The lowest BCUT2D eigenvalue weighted by atomic mass is 10.1. The Morgan fingerprint density at radius 2 is 2.10 bits per heavy atom. The summed E-state index contributed by atoms with van der Waals surface area (Å²) < 4.78 is 18.1. The van der Waals surface area contributed by atoms with E-state index in [-0.39, 0.29) is 30.8 Å². The van der Waals surface area contributed by atoms with E-state index in [4.69, 9.17) is 37.4 Å². The lowest BCUT2D eigenvalue weighted by molar-refractivity contribution is -0.0228. The number of ether oxygens (including phenoxy) is 3. The van der Waals surface area contributed by atoms with Crippen LogP contribution in [0.5, 0.6) is 5.75 Å². The molecule has 29 heavy (non-hydrogen) atoms. The minimum atomic E-state index is -0.0532. The molecule has 0 bridgehead atoms. The van der Waals surface area contributed by atoms with Gasteiger partial charge in [-0.2, -0.15) is 0 Å². The molecule has 2 aromatic rings. The molecule has 0 saturated heterocycles. The van der Waals surface area contributed by atoms with Gasteiger partial charge in [0, 0.05) is 30.9 Å². The smallest absolute Gasteiger partial charge is 0.122 e. The molecule has 8 heteroatoms. The van der Waals surface area contributed by atoms with Crippen molar-refractivity contribution in [2.24, 2.45) is 5.92 Å². The molecule has 1 N–H and O–H groups in total. The fourth-order valence-electron chi connectivity index (χ4n) is 3.67. The highest BCUT2D eigenvalue weighted by Gasteiger charge is 2.37. The van der Waals surface area contributed by atoms with Gasteiger partial charge in [-0.3, -0.25) is 0 Å². The lowest BCUT2D eigenvalue weighted by Gasteiger charge is -2.20. The first-order chi connectivity index (χ1) is 14.0. The highest BCUT2D eigenvalue weighted by atomic mass is 35.5. The van der Waals surface area contributed by atoms with Crippen molar-refractivity contribution in [2.45, 2.75) is 57.5 Å². The maximum absolute atomic E-state index is 9.29. The number of methoxy groups -OCH3 is 1. The number of halogens is 2. The van der Waals surface area contributed by atoms with E-state index in [9.17, 15) is 5.11 Å². The summed E-state index contributed by atoms with van der Waals surface area (Å²) in [6, 6.07) is 5.28. The van der Waals surface area contributed by atoms with E-state index in [1.807, 2.05) is 11.4 Å². The molecule has 1 aliphatic rings. The van der Waals surface area contributed by atoms with Crippen LogP contribution in [-0.4, -0.2) is 36.0 Å². The minimum Gasteiger partial charge on any atom is -0.493 e. The van der Waals surface area contributed by atoms with E-state index in [0.717, 1.165) is 30.7 Å².